The smallest absolute Gasteiger partial charge is 0.223 e. The molecule has 2 fully saturated rings. The van der Waals surface area contributed by atoms with E-state index >= 15 is 0 Å². The summed E-state index contributed by atoms with van der Waals surface area (Å²) < 4.78 is 5.34. The summed E-state index contributed by atoms with van der Waals surface area (Å²) in [6, 6.07) is 0.407. The highest BCUT2D eigenvalue weighted by molar-refractivity contribution is 5.78. The summed E-state index contributed by atoms with van der Waals surface area (Å²) in [6.45, 7) is 6.48. The van der Waals surface area contributed by atoms with E-state index in [-0.39, 0.29) is 17.5 Å². The lowest BCUT2D eigenvalue weighted by atomic mass is 9.97. The third-order valence-corrected chi connectivity index (χ3v) is 6.03. The quantitative estimate of drug-likeness (QED) is 0.767. The van der Waals surface area contributed by atoms with Gasteiger partial charge in [0.05, 0.1) is 12.6 Å². The first-order valence-corrected chi connectivity index (χ1v) is 9.82. The molecule has 1 amide bonds. The Hall–Kier alpha value is -1.47. The van der Waals surface area contributed by atoms with Crippen LogP contribution in [-0.4, -0.2) is 70.8 Å². The van der Waals surface area contributed by atoms with Crippen LogP contribution < -0.4 is 0 Å². The Balaban J connectivity index is 1.60. The number of amides is 1. The third-order valence-electron chi connectivity index (χ3n) is 6.03. The molecular formula is C19H33N5O2. The van der Waals surface area contributed by atoms with Gasteiger partial charge in [0.25, 0.3) is 0 Å². The van der Waals surface area contributed by atoms with E-state index in [0.717, 1.165) is 50.4 Å². The number of carbonyl (C=O) groups excluding carboxylic acids is 1. The SMILES string of the molecule is COCC1(CC(=O)N2CCCC[C@@H]2CN(C)C(C)c2n[nH]c(C)n2)CC1. The van der Waals surface area contributed by atoms with Crippen molar-refractivity contribution in [3.8, 4) is 0 Å². The highest BCUT2D eigenvalue weighted by Gasteiger charge is 2.46. The Morgan fingerprint density at radius 1 is 1.46 bits per heavy atom. The number of piperidine rings is 1. The molecule has 146 valence electrons. The number of nitrogens with one attached hydrogen (secondary N) is 1. The number of likely N-dealkylation sites (N-methyl/N-ethyl adjacent to an activating group) is 1. The second kappa shape index (κ2) is 8.05. The van der Waals surface area contributed by atoms with Crippen molar-refractivity contribution >= 4 is 5.91 Å². The van der Waals surface area contributed by atoms with Gasteiger partial charge in [-0.2, -0.15) is 5.10 Å². The average Bonchev–Trinajstić information content (AvgIpc) is 3.23. The number of aromatic nitrogens is 3. The first-order chi connectivity index (χ1) is 12.4. The van der Waals surface area contributed by atoms with E-state index in [2.05, 4.69) is 39.0 Å². The molecule has 0 bridgehead atoms. The summed E-state index contributed by atoms with van der Waals surface area (Å²) in [7, 11) is 3.83. The van der Waals surface area contributed by atoms with Crippen molar-refractivity contribution in [3.05, 3.63) is 11.6 Å². The lowest BCUT2D eigenvalue weighted by Gasteiger charge is -2.39. The Labute approximate surface area is 156 Å². The van der Waals surface area contributed by atoms with Gasteiger partial charge in [-0.1, -0.05) is 0 Å². The first-order valence-electron chi connectivity index (χ1n) is 9.82. The maximum atomic E-state index is 13.0. The molecule has 1 unspecified atom stereocenters. The fraction of sp³-hybridized carbons (Fsp3) is 0.842. The molecule has 2 aliphatic rings. The summed E-state index contributed by atoms with van der Waals surface area (Å²) in [5, 5.41) is 7.20. The van der Waals surface area contributed by atoms with Gasteiger partial charge in [0, 0.05) is 38.1 Å². The lowest BCUT2D eigenvalue weighted by molar-refractivity contribution is -0.137. The van der Waals surface area contributed by atoms with Gasteiger partial charge < -0.3 is 9.64 Å². The van der Waals surface area contributed by atoms with Crippen LogP contribution in [0, 0.1) is 12.3 Å². The van der Waals surface area contributed by atoms with E-state index in [1.54, 1.807) is 7.11 Å². The molecule has 1 aromatic rings. The van der Waals surface area contributed by atoms with E-state index < -0.39 is 0 Å². The number of methoxy groups -OCH3 is 1. The highest BCUT2D eigenvalue weighted by Crippen LogP contribution is 2.49. The molecule has 3 rings (SSSR count). The monoisotopic (exact) mass is 363 g/mol. The highest BCUT2D eigenvalue weighted by atomic mass is 16.5. The van der Waals surface area contributed by atoms with Gasteiger partial charge in [0.15, 0.2) is 5.82 Å². The van der Waals surface area contributed by atoms with Crippen molar-refractivity contribution in [3.63, 3.8) is 0 Å². The van der Waals surface area contributed by atoms with Gasteiger partial charge in [-0.3, -0.25) is 14.8 Å². The van der Waals surface area contributed by atoms with Crippen molar-refractivity contribution < 1.29 is 9.53 Å². The molecule has 7 heteroatoms. The molecule has 1 aliphatic heterocycles. The molecule has 2 heterocycles. The zero-order chi connectivity index (χ0) is 18.7. The van der Waals surface area contributed by atoms with Crippen LogP contribution in [0.3, 0.4) is 0 Å². The minimum absolute atomic E-state index is 0.115. The Bertz CT molecular complexity index is 613. The fourth-order valence-electron chi connectivity index (χ4n) is 4.03. The number of rotatable bonds is 8. The molecule has 1 aromatic heterocycles. The summed E-state index contributed by atoms with van der Waals surface area (Å²) in [6.07, 6.45) is 6.25. The van der Waals surface area contributed by atoms with Crippen LogP contribution in [0.5, 0.6) is 0 Å². The first kappa shape index (κ1) is 19.3. The van der Waals surface area contributed by atoms with Crippen LogP contribution in [0.25, 0.3) is 0 Å². The summed E-state index contributed by atoms with van der Waals surface area (Å²) in [5.74, 6) is 1.96. The van der Waals surface area contributed by atoms with Gasteiger partial charge in [-0.15, -0.1) is 0 Å². The topological polar surface area (TPSA) is 74.3 Å². The lowest BCUT2D eigenvalue weighted by Crippen LogP contribution is -2.49. The zero-order valence-corrected chi connectivity index (χ0v) is 16.6. The third kappa shape index (κ3) is 4.43. The van der Waals surface area contributed by atoms with Crippen LogP contribution in [0.1, 0.15) is 63.1 Å². The second-order valence-corrected chi connectivity index (χ2v) is 8.24. The molecule has 7 nitrogen and oxygen atoms in total. The molecule has 2 atom stereocenters. The molecule has 1 aliphatic carbocycles. The number of H-pyrrole nitrogens is 1. The van der Waals surface area contributed by atoms with E-state index in [1.807, 2.05) is 6.92 Å². The van der Waals surface area contributed by atoms with Gasteiger partial charge in [0.2, 0.25) is 5.91 Å². The minimum Gasteiger partial charge on any atom is -0.384 e. The molecule has 26 heavy (non-hydrogen) atoms. The van der Waals surface area contributed by atoms with Crippen molar-refractivity contribution in [2.75, 3.05) is 33.9 Å². The molecular weight excluding hydrogens is 330 g/mol. The molecule has 1 N–H and O–H groups in total. The predicted molar refractivity (Wildman–Crippen MR) is 99.7 cm³/mol. The van der Waals surface area contributed by atoms with Crippen molar-refractivity contribution in [2.45, 2.75) is 64.5 Å². The van der Waals surface area contributed by atoms with Crippen LogP contribution in [0.15, 0.2) is 0 Å². The normalized spacial score (nSPS) is 23.3. The second-order valence-electron chi connectivity index (χ2n) is 8.24. The number of hydrogen-bond acceptors (Lipinski definition) is 5. The number of aryl methyl sites for hydroxylation is 1. The molecule has 0 aromatic carbocycles. The Kier molecular flexibility index (Phi) is 5.97. The van der Waals surface area contributed by atoms with Gasteiger partial charge >= 0.3 is 0 Å². The number of aromatic amines is 1. The van der Waals surface area contributed by atoms with Crippen molar-refractivity contribution in [1.82, 2.24) is 25.0 Å². The van der Waals surface area contributed by atoms with Crippen LogP contribution in [-0.2, 0) is 9.53 Å². The number of ether oxygens (including phenoxy) is 1. The molecule has 0 radical (unpaired) electrons. The molecule has 1 saturated carbocycles. The van der Waals surface area contributed by atoms with Gasteiger partial charge in [0.1, 0.15) is 5.82 Å². The standard InChI is InChI=1S/C19H33N5O2/c1-14(18-20-15(2)21-22-18)23(3)12-16-7-5-6-10-24(16)17(25)11-19(8-9-19)13-26-4/h14,16H,5-13H2,1-4H3,(H,20,21,22)/t14?,16-/m1/s1. The Morgan fingerprint density at radius 3 is 2.85 bits per heavy atom. The largest absolute Gasteiger partial charge is 0.384 e. The van der Waals surface area contributed by atoms with E-state index in [9.17, 15) is 4.79 Å². The predicted octanol–water partition coefficient (Wildman–Crippen LogP) is 2.30. The van der Waals surface area contributed by atoms with Crippen LogP contribution >= 0.6 is 0 Å². The van der Waals surface area contributed by atoms with E-state index in [0.29, 0.717) is 18.9 Å². The number of carbonyl (C=O) groups is 1. The Morgan fingerprint density at radius 2 is 2.23 bits per heavy atom. The maximum Gasteiger partial charge on any atom is 0.223 e. The number of nitrogens with zero attached hydrogens (tertiary/aromatic N) is 4. The van der Waals surface area contributed by atoms with Crippen LogP contribution in [0.4, 0.5) is 0 Å². The van der Waals surface area contributed by atoms with E-state index in [4.69, 9.17) is 4.74 Å². The van der Waals surface area contributed by atoms with Gasteiger partial charge in [-0.25, -0.2) is 4.98 Å². The zero-order valence-electron chi connectivity index (χ0n) is 16.6. The number of hydrogen-bond donors (Lipinski definition) is 1. The molecule has 1 saturated heterocycles. The summed E-state index contributed by atoms with van der Waals surface area (Å²) in [4.78, 5) is 21.8. The van der Waals surface area contributed by atoms with E-state index in [1.165, 1.54) is 6.42 Å². The fourth-order valence-corrected chi connectivity index (χ4v) is 4.03. The average molecular weight is 364 g/mol. The minimum atomic E-state index is 0.115. The summed E-state index contributed by atoms with van der Waals surface area (Å²) >= 11 is 0. The number of likely N-dealkylation sites (tertiary alicyclic amines) is 1. The molecule has 0 spiro atoms. The maximum absolute atomic E-state index is 13.0. The summed E-state index contributed by atoms with van der Waals surface area (Å²) in [5.41, 5.74) is 0.115. The van der Waals surface area contributed by atoms with Crippen molar-refractivity contribution in [2.24, 2.45) is 5.41 Å². The van der Waals surface area contributed by atoms with Gasteiger partial charge in [-0.05, 0) is 53.0 Å². The van der Waals surface area contributed by atoms with Crippen molar-refractivity contribution in [1.29, 1.82) is 0 Å². The van der Waals surface area contributed by atoms with Crippen LogP contribution in [0.2, 0.25) is 0 Å².